The summed E-state index contributed by atoms with van der Waals surface area (Å²) in [5.74, 6) is 1.47. The zero-order chi connectivity index (χ0) is 20.5. The summed E-state index contributed by atoms with van der Waals surface area (Å²) in [5, 5.41) is 4.26. The Morgan fingerprint density at radius 3 is 2.24 bits per heavy atom. The van der Waals surface area contributed by atoms with Crippen LogP contribution in [0.5, 0.6) is 17.2 Å². The van der Waals surface area contributed by atoms with Crippen molar-refractivity contribution >= 4 is 22.4 Å². The highest BCUT2D eigenvalue weighted by Crippen LogP contribution is 2.38. The van der Waals surface area contributed by atoms with Crippen LogP contribution in [0.25, 0.3) is 22.4 Å². The minimum absolute atomic E-state index is 0.292. The predicted octanol–water partition coefficient (Wildman–Crippen LogP) is 2.53. The number of fused-ring (bicyclic) bond motifs is 1. The molecule has 2 aromatic heterocycles. The quantitative estimate of drug-likeness (QED) is 0.501. The van der Waals surface area contributed by atoms with Crippen molar-refractivity contribution in [2.75, 3.05) is 21.3 Å². The van der Waals surface area contributed by atoms with Crippen LogP contribution in [0.4, 0.5) is 4.39 Å². The maximum absolute atomic E-state index is 13.1. The Balaban J connectivity index is 1.80. The van der Waals surface area contributed by atoms with Crippen LogP contribution >= 0.6 is 11.3 Å². The molecule has 0 atom stereocenters. The Kier molecular flexibility index (Phi) is 4.89. The second-order valence-corrected chi connectivity index (χ2v) is 7.02. The number of benzene rings is 2. The lowest BCUT2D eigenvalue weighted by Crippen LogP contribution is -2.23. The third-order valence-electron chi connectivity index (χ3n) is 4.27. The van der Waals surface area contributed by atoms with Gasteiger partial charge in [-0.3, -0.25) is 4.79 Å². The van der Waals surface area contributed by atoms with Crippen molar-refractivity contribution in [3.8, 4) is 28.6 Å². The first-order valence-corrected chi connectivity index (χ1v) is 9.33. The van der Waals surface area contributed by atoms with Gasteiger partial charge in [0, 0.05) is 5.56 Å². The summed E-state index contributed by atoms with van der Waals surface area (Å²) in [7, 11) is 4.58. The molecule has 29 heavy (non-hydrogen) atoms. The summed E-state index contributed by atoms with van der Waals surface area (Å²) in [4.78, 5) is 17.6. The van der Waals surface area contributed by atoms with Gasteiger partial charge in [-0.2, -0.15) is 9.50 Å². The third-order valence-corrected chi connectivity index (χ3v) is 5.23. The molecule has 0 fully saturated rings. The van der Waals surface area contributed by atoms with E-state index in [-0.39, 0.29) is 11.4 Å². The highest BCUT2D eigenvalue weighted by Gasteiger charge is 2.14. The minimum Gasteiger partial charge on any atom is -0.493 e. The Morgan fingerprint density at radius 1 is 1.03 bits per heavy atom. The predicted molar refractivity (Wildman–Crippen MR) is 107 cm³/mol. The molecule has 0 unspecified atom stereocenters. The van der Waals surface area contributed by atoms with Crippen LogP contribution in [0, 0.1) is 5.82 Å². The Bertz CT molecular complexity index is 1270. The molecule has 148 valence electrons. The molecular formula is C20H16FN3O4S. The summed E-state index contributed by atoms with van der Waals surface area (Å²) in [5.41, 5.74) is 1.05. The number of thiazole rings is 1. The zero-order valence-electron chi connectivity index (χ0n) is 15.8. The van der Waals surface area contributed by atoms with E-state index in [9.17, 15) is 9.18 Å². The topological polar surface area (TPSA) is 75.0 Å². The fourth-order valence-corrected chi connectivity index (χ4v) is 3.80. The van der Waals surface area contributed by atoms with E-state index in [1.54, 1.807) is 30.3 Å². The van der Waals surface area contributed by atoms with E-state index in [1.165, 1.54) is 49.3 Å². The van der Waals surface area contributed by atoms with Gasteiger partial charge in [-0.25, -0.2) is 4.39 Å². The second kappa shape index (κ2) is 7.51. The molecule has 2 heterocycles. The summed E-state index contributed by atoms with van der Waals surface area (Å²) < 4.78 is 30.8. The first-order chi connectivity index (χ1) is 14.0. The molecule has 7 nitrogen and oxygen atoms in total. The smallest absolute Gasteiger partial charge is 0.291 e. The SMILES string of the molecule is COc1cc(/C=c2\sc3nc(-c4ccc(F)cc4)nn3c2=O)cc(OC)c1OC. The average molecular weight is 413 g/mol. The number of nitrogens with zero attached hydrogens (tertiary/aromatic N) is 3. The lowest BCUT2D eigenvalue weighted by molar-refractivity contribution is 0.324. The van der Waals surface area contributed by atoms with Crippen molar-refractivity contribution in [3.05, 3.63) is 62.7 Å². The normalized spacial score (nSPS) is 11.8. The van der Waals surface area contributed by atoms with Gasteiger partial charge in [0.05, 0.1) is 25.9 Å². The summed E-state index contributed by atoms with van der Waals surface area (Å²) in [6, 6.07) is 9.30. The molecule has 0 N–H and O–H groups in total. The molecule has 0 aliphatic carbocycles. The van der Waals surface area contributed by atoms with Crippen LogP contribution in [-0.2, 0) is 0 Å². The summed E-state index contributed by atoms with van der Waals surface area (Å²) >= 11 is 1.21. The van der Waals surface area contributed by atoms with Crippen molar-refractivity contribution in [1.29, 1.82) is 0 Å². The molecule has 0 bridgehead atoms. The Labute approximate surface area is 168 Å². The third kappa shape index (κ3) is 3.40. The molecular weight excluding hydrogens is 397 g/mol. The molecule has 0 saturated carbocycles. The molecule has 0 amide bonds. The number of methoxy groups -OCH3 is 3. The van der Waals surface area contributed by atoms with Gasteiger partial charge in [-0.05, 0) is 48.0 Å². The van der Waals surface area contributed by atoms with Crippen LogP contribution in [-0.4, -0.2) is 35.9 Å². The number of hydrogen-bond acceptors (Lipinski definition) is 7. The van der Waals surface area contributed by atoms with Crippen molar-refractivity contribution in [2.24, 2.45) is 0 Å². The lowest BCUT2D eigenvalue weighted by atomic mass is 10.1. The molecule has 2 aromatic carbocycles. The summed E-state index contributed by atoms with van der Waals surface area (Å²) in [6.07, 6.45) is 1.71. The maximum atomic E-state index is 13.1. The minimum atomic E-state index is -0.346. The molecule has 9 heteroatoms. The van der Waals surface area contributed by atoms with Crippen LogP contribution < -0.4 is 24.3 Å². The molecule has 4 rings (SSSR count). The van der Waals surface area contributed by atoms with Crippen LogP contribution in [0.15, 0.2) is 41.2 Å². The van der Waals surface area contributed by atoms with Gasteiger partial charge in [0.1, 0.15) is 5.82 Å². The monoisotopic (exact) mass is 413 g/mol. The van der Waals surface area contributed by atoms with Gasteiger partial charge < -0.3 is 14.2 Å². The van der Waals surface area contributed by atoms with E-state index in [4.69, 9.17) is 14.2 Å². The lowest BCUT2D eigenvalue weighted by Gasteiger charge is -2.12. The molecule has 0 radical (unpaired) electrons. The first-order valence-electron chi connectivity index (χ1n) is 8.51. The van der Waals surface area contributed by atoms with Crippen LogP contribution in [0.2, 0.25) is 0 Å². The maximum Gasteiger partial charge on any atom is 0.291 e. The number of aromatic nitrogens is 3. The van der Waals surface area contributed by atoms with Gasteiger partial charge in [-0.15, -0.1) is 5.10 Å². The number of rotatable bonds is 5. The van der Waals surface area contributed by atoms with Crippen LogP contribution in [0.3, 0.4) is 0 Å². The van der Waals surface area contributed by atoms with Crippen molar-refractivity contribution < 1.29 is 18.6 Å². The Morgan fingerprint density at radius 2 is 1.69 bits per heavy atom. The van der Waals surface area contributed by atoms with Gasteiger partial charge in [0.25, 0.3) is 5.56 Å². The largest absolute Gasteiger partial charge is 0.493 e. The standard InChI is InChI=1S/C20H16FN3O4S/c1-26-14-8-11(9-15(27-2)17(14)28-3)10-16-19(25)24-20(29-16)22-18(23-24)12-4-6-13(21)7-5-12/h4-10H,1-3H3/b16-10-. The van der Waals surface area contributed by atoms with E-state index < -0.39 is 0 Å². The van der Waals surface area contributed by atoms with Crippen molar-refractivity contribution in [1.82, 2.24) is 14.6 Å². The number of ether oxygens (including phenoxy) is 3. The number of halogens is 1. The van der Waals surface area contributed by atoms with Crippen molar-refractivity contribution in [2.45, 2.75) is 0 Å². The zero-order valence-corrected chi connectivity index (χ0v) is 16.6. The van der Waals surface area contributed by atoms with Gasteiger partial charge >= 0.3 is 0 Å². The highest BCUT2D eigenvalue weighted by atomic mass is 32.1. The fraction of sp³-hybridized carbons (Fsp3) is 0.150. The summed E-state index contributed by atoms with van der Waals surface area (Å²) in [6.45, 7) is 0. The number of hydrogen-bond donors (Lipinski definition) is 0. The van der Waals surface area contributed by atoms with E-state index >= 15 is 0 Å². The molecule has 0 aliphatic rings. The van der Waals surface area contributed by atoms with E-state index in [2.05, 4.69) is 10.1 Å². The Hall–Kier alpha value is -3.46. The van der Waals surface area contributed by atoms with Gasteiger partial charge in [-0.1, -0.05) is 11.3 Å². The average Bonchev–Trinajstić information content (AvgIpc) is 3.27. The molecule has 0 spiro atoms. The molecule has 4 aromatic rings. The second-order valence-electron chi connectivity index (χ2n) is 6.01. The van der Waals surface area contributed by atoms with E-state index in [1.807, 2.05) is 0 Å². The van der Waals surface area contributed by atoms with Gasteiger partial charge in [0.2, 0.25) is 10.7 Å². The van der Waals surface area contributed by atoms with Gasteiger partial charge in [0.15, 0.2) is 17.3 Å². The van der Waals surface area contributed by atoms with E-state index in [0.29, 0.717) is 43.7 Å². The van der Waals surface area contributed by atoms with Crippen LogP contribution in [0.1, 0.15) is 5.56 Å². The fourth-order valence-electron chi connectivity index (χ4n) is 2.89. The van der Waals surface area contributed by atoms with Crippen molar-refractivity contribution in [3.63, 3.8) is 0 Å². The highest BCUT2D eigenvalue weighted by molar-refractivity contribution is 7.15. The molecule has 0 saturated heterocycles. The first kappa shape index (κ1) is 18.9. The van der Waals surface area contributed by atoms with E-state index in [0.717, 1.165) is 0 Å². The molecule has 0 aliphatic heterocycles.